The van der Waals surface area contributed by atoms with Crippen LogP contribution in [0.1, 0.15) is 16.1 Å². The number of alkyl halides is 3. The van der Waals surface area contributed by atoms with Crippen molar-refractivity contribution in [3.63, 3.8) is 0 Å². The monoisotopic (exact) mass is 361 g/mol. The zero-order valence-corrected chi connectivity index (χ0v) is 13.3. The molecule has 0 bridgehead atoms. The molecule has 0 amide bonds. The first kappa shape index (κ1) is 18.9. The number of aromatic carboxylic acids is 1. The van der Waals surface area contributed by atoms with Crippen molar-refractivity contribution in [2.24, 2.45) is 0 Å². The molecule has 0 radical (unpaired) electrons. The molecule has 1 aromatic carbocycles. The van der Waals surface area contributed by atoms with E-state index in [9.17, 15) is 27.5 Å². The van der Waals surface area contributed by atoms with Crippen LogP contribution < -0.4 is 0 Å². The zero-order valence-electron chi connectivity index (χ0n) is 13.3. The van der Waals surface area contributed by atoms with Crippen LogP contribution in [0.5, 0.6) is 0 Å². The van der Waals surface area contributed by atoms with Crippen LogP contribution in [-0.2, 0) is 22.2 Å². The van der Waals surface area contributed by atoms with E-state index in [2.05, 4.69) is 0 Å². The predicted molar refractivity (Wildman–Crippen MR) is 79.6 cm³/mol. The summed E-state index contributed by atoms with van der Waals surface area (Å²) in [6.45, 7) is 0.0158. The fraction of sp³-hybridized carbons (Fsp3) is 0.312. The maximum absolute atomic E-state index is 13.4. The summed E-state index contributed by atoms with van der Waals surface area (Å²) in [6.07, 6.45) is -4.23. The molecule has 0 unspecified atom stereocenters. The number of benzene rings is 1. The van der Waals surface area contributed by atoms with Crippen LogP contribution in [0.2, 0.25) is 0 Å². The smallest absolute Gasteiger partial charge is 0.419 e. The molecule has 5 nitrogen and oxygen atoms in total. The van der Waals surface area contributed by atoms with Crippen molar-refractivity contribution in [3.05, 3.63) is 47.5 Å². The van der Waals surface area contributed by atoms with E-state index in [4.69, 9.17) is 9.47 Å². The topological polar surface area (TPSA) is 60.7 Å². The number of hydrogen-bond acceptors (Lipinski definition) is 3. The number of aromatic nitrogens is 1. The molecule has 0 aliphatic heterocycles. The highest BCUT2D eigenvalue weighted by atomic mass is 19.4. The highest BCUT2D eigenvalue weighted by Gasteiger charge is 2.34. The Morgan fingerprint density at radius 3 is 2.40 bits per heavy atom. The number of carboxylic acid groups (broad SMARTS) is 1. The summed E-state index contributed by atoms with van der Waals surface area (Å²) in [4.78, 5) is 11.6. The third-order valence-corrected chi connectivity index (χ3v) is 3.62. The van der Waals surface area contributed by atoms with E-state index < -0.39 is 29.8 Å². The van der Waals surface area contributed by atoms with E-state index in [0.29, 0.717) is 12.1 Å². The quantitative estimate of drug-likeness (QED) is 0.631. The number of ether oxygens (including phenoxy) is 2. The number of nitrogens with zero attached hydrogens (tertiary/aromatic N) is 1. The molecule has 9 heteroatoms. The summed E-state index contributed by atoms with van der Waals surface area (Å²) in [5, 5.41) is 9.44. The molecule has 0 atom stereocenters. The molecule has 2 rings (SSSR count). The van der Waals surface area contributed by atoms with Gasteiger partial charge < -0.3 is 19.1 Å². The summed E-state index contributed by atoms with van der Waals surface area (Å²) >= 11 is 0. The summed E-state index contributed by atoms with van der Waals surface area (Å²) in [5.41, 5.74) is -1.74. The van der Waals surface area contributed by atoms with Gasteiger partial charge in [0.1, 0.15) is 11.5 Å². The molecule has 0 spiro atoms. The summed E-state index contributed by atoms with van der Waals surface area (Å²) < 4.78 is 63.3. The molecule has 0 saturated heterocycles. The summed E-state index contributed by atoms with van der Waals surface area (Å²) in [6, 6.07) is 3.69. The second-order valence-corrected chi connectivity index (χ2v) is 5.13. The molecule has 0 aliphatic carbocycles. The van der Waals surface area contributed by atoms with Crippen LogP contribution in [0.25, 0.3) is 11.1 Å². The van der Waals surface area contributed by atoms with Crippen molar-refractivity contribution >= 4 is 5.97 Å². The van der Waals surface area contributed by atoms with E-state index in [-0.39, 0.29) is 23.4 Å². The minimum absolute atomic E-state index is 0.0158. The maximum atomic E-state index is 13.4. The van der Waals surface area contributed by atoms with Crippen molar-refractivity contribution in [1.29, 1.82) is 0 Å². The van der Waals surface area contributed by atoms with Crippen molar-refractivity contribution in [2.45, 2.75) is 19.0 Å². The van der Waals surface area contributed by atoms with Gasteiger partial charge in [0.15, 0.2) is 6.29 Å². The highest BCUT2D eigenvalue weighted by Crippen LogP contribution is 2.35. The van der Waals surface area contributed by atoms with E-state index in [0.717, 1.165) is 6.07 Å². The van der Waals surface area contributed by atoms with Gasteiger partial charge in [0.25, 0.3) is 0 Å². The minimum atomic E-state index is -4.89. The lowest BCUT2D eigenvalue weighted by Gasteiger charge is -2.16. The Morgan fingerprint density at radius 1 is 1.24 bits per heavy atom. The van der Waals surface area contributed by atoms with Crippen LogP contribution in [0, 0.1) is 5.82 Å². The summed E-state index contributed by atoms with van der Waals surface area (Å²) in [7, 11) is 2.74. The maximum Gasteiger partial charge on any atom is 0.419 e. The number of carboxylic acids is 1. The second kappa shape index (κ2) is 7.24. The minimum Gasteiger partial charge on any atom is -0.477 e. The SMILES string of the molecule is COC(Cn1ccc(-c2ccc(F)c(C(F)(F)F)c2)c1C(=O)O)OC. The van der Waals surface area contributed by atoms with Crippen molar-refractivity contribution in [1.82, 2.24) is 4.57 Å². The molecule has 136 valence electrons. The Hall–Kier alpha value is -2.39. The second-order valence-electron chi connectivity index (χ2n) is 5.13. The molecule has 1 heterocycles. The van der Waals surface area contributed by atoms with Gasteiger partial charge >= 0.3 is 12.1 Å². The summed E-state index contributed by atoms with van der Waals surface area (Å²) in [5.74, 6) is -2.77. The van der Waals surface area contributed by atoms with Gasteiger partial charge in [0, 0.05) is 26.0 Å². The Labute approximate surface area is 140 Å². The van der Waals surface area contributed by atoms with Gasteiger partial charge in [0.05, 0.1) is 12.1 Å². The molecule has 0 saturated carbocycles. The largest absolute Gasteiger partial charge is 0.477 e. The number of methoxy groups -OCH3 is 2. The molecular formula is C16H15F4NO4. The predicted octanol–water partition coefficient (Wildman–Crippen LogP) is 3.63. The van der Waals surface area contributed by atoms with Gasteiger partial charge in [-0.1, -0.05) is 6.07 Å². The Morgan fingerprint density at radius 2 is 1.88 bits per heavy atom. The third kappa shape index (κ3) is 3.99. The van der Waals surface area contributed by atoms with E-state index >= 15 is 0 Å². The molecule has 0 aliphatic rings. The van der Waals surface area contributed by atoms with Crippen LogP contribution in [0.4, 0.5) is 17.6 Å². The normalized spacial score (nSPS) is 12.0. The molecule has 1 N–H and O–H groups in total. The van der Waals surface area contributed by atoms with E-state index in [1.165, 1.54) is 31.0 Å². The highest BCUT2D eigenvalue weighted by molar-refractivity contribution is 5.94. The Kier molecular flexibility index (Phi) is 5.48. The van der Waals surface area contributed by atoms with Crippen molar-refractivity contribution in [2.75, 3.05) is 14.2 Å². The van der Waals surface area contributed by atoms with Crippen LogP contribution in [-0.4, -0.2) is 36.2 Å². The lowest BCUT2D eigenvalue weighted by molar-refractivity contribution is -0.139. The number of carbonyl (C=O) groups is 1. The average Bonchev–Trinajstić information content (AvgIpc) is 2.95. The zero-order chi connectivity index (χ0) is 18.8. The fourth-order valence-electron chi connectivity index (χ4n) is 2.41. The lowest BCUT2D eigenvalue weighted by atomic mass is 10.0. The molecule has 1 aromatic heterocycles. The third-order valence-electron chi connectivity index (χ3n) is 3.62. The average molecular weight is 361 g/mol. The Balaban J connectivity index is 2.53. The first-order valence-corrected chi connectivity index (χ1v) is 7.04. The van der Waals surface area contributed by atoms with Gasteiger partial charge in [-0.2, -0.15) is 13.2 Å². The molecule has 0 fully saturated rings. The molecule has 25 heavy (non-hydrogen) atoms. The first-order chi connectivity index (χ1) is 11.7. The van der Waals surface area contributed by atoms with E-state index in [1.54, 1.807) is 0 Å². The van der Waals surface area contributed by atoms with Crippen LogP contribution in [0.15, 0.2) is 30.5 Å². The fourth-order valence-corrected chi connectivity index (χ4v) is 2.41. The van der Waals surface area contributed by atoms with E-state index in [1.807, 2.05) is 0 Å². The van der Waals surface area contributed by atoms with Gasteiger partial charge in [-0.05, 0) is 23.8 Å². The standard InChI is InChI=1S/C16H15F4NO4/c1-24-13(25-2)8-21-6-5-10(14(21)15(22)23)9-3-4-12(17)11(7-9)16(18,19)20/h3-7,13H,8H2,1-2H3,(H,22,23). The lowest BCUT2D eigenvalue weighted by Crippen LogP contribution is -2.22. The van der Waals surface area contributed by atoms with Crippen LogP contribution >= 0.6 is 0 Å². The van der Waals surface area contributed by atoms with Crippen molar-refractivity contribution in [3.8, 4) is 11.1 Å². The van der Waals surface area contributed by atoms with Gasteiger partial charge in [-0.3, -0.25) is 0 Å². The van der Waals surface area contributed by atoms with Gasteiger partial charge in [-0.15, -0.1) is 0 Å². The van der Waals surface area contributed by atoms with Gasteiger partial charge in [0.2, 0.25) is 0 Å². The molecule has 2 aromatic rings. The van der Waals surface area contributed by atoms with Crippen LogP contribution in [0.3, 0.4) is 0 Å². The van der Waals surface area contributed by atoms with Gasteiger partial charge in [-0.25, -0.2) is 9.18 Å². The number of rotatable bonds is 6. The van der Waals surface area contributed by atoms with Crippen molar-refractivity contribution < 1.29 is 36.9 Å². The molecular weight excluding hydrogens is 346 g/mol. The number of hydrogen-bond donors (Lipinski definition) is 1. The number of halogens is 4. The Bertz CT molecular complexity index is 766. The first-order valence-electron chi connectivity index (χ1n) is 7.04.